The van der Waals surface area contributed by atoms with Crippen LogP contribution in [0.3, 0.4) is 0 Å². The van der Waals surface area contributed by atoms with Crippen molar-refractivity contribution in [3.05, 3.63) is 17.8 Å². The lowest BCUT2D eigenvalue weighted by Gasteiger charge is -2.12. The first-order valence-corrected chi connectivity index (χ1v) is 4.59. The van der Waals surface area contributed by atoms with Gasteiger partial charge in [0, 0.05) is 25.9 Å². The van der Waals surface area contributed by atoms with Gasteiger partial charge in [-0.05, 0) is 6.92 Å². The second-order valence-corrected chi connectivity index (χ2v) is 3.19. The molecule has 0 saturated carbocycles. The van der Waals surface area contributed by atoms with Crippen molar-refractivity contribution in [1.29, 1.82) is 5.26 Å². The molecule has 0 aliphatic carbocycles. The number of nitrogens with zero attached hydrogens (tertiary/aromatic N) is 2. The third kappa shape index (κ3) is 3.11. The molecule has 0 spiro atoms. The Morgan fingerprint density at radius 2 is 2.47 bits per heavy atom. The lowest BCUT2D eigenvalue weighted by atomic mass is 10.2. The van der Waals surface area contributed by atoms with Crippen LogP contribution < -0.4 is 11.1 Å². The Hall–Kier alpha value is -1.80. The standard InChI is InChI=1S/C10H14N4O/c1-7(15-2)5-13-9-3-10(12)14-6-8(9)4-11/h3,6-7H,5H2,1-2H3,(H3,12,13,14)/t7-/m0/s1. The number of aromatic nitrogens is 1. The molecule has 5 heteroatoms. The number of methoxy groups -OCH3 is 1. The average Bonchev–Trinajstić information content (AvgIpc) is 2.26. The fourth-order valence-corrected chi connectivity index (χ4v) is 1.04. The molecule has 0 unspecified atom stereocenters. The summed E-state index contributed by atoms with van der Waals surface area (Å²) in [5, 5.41) is 11.9. The summed E-state index contributed by atoms with van der Waals surface area (Å²) < 4.78 is 5.08. The molecule has 5 nitrogen and oxygen atoms in total. The first-order chi connectivity index (χ1) is 7.17. The van der Waals surface area contributed by atoms with Crippen molar-refractivity contribution >= 4 is 11.5 Å². The van der Waals surface area contributed by atoms with Gasteiger partial charge in [-0.25, -0.2) is 4.98 Å². The number of nitrogens with one attached hydrogen (secondary N) is 1. The van der Waals surface area contributed by atoms with Crippen LogP contribution in [0.4, 0.5) is 11.5 Å². The fourth-order valence-electron chi connectivity index (χ4n) is 1.04. The maximum absolute atomic E-state index is 8.83. The summed E-state index contributed by atoms with van der Waals surface area (Å²) in [5.41, 5.74) is 6.70. The highest BCUT2D eigenvalue weighted by atomic mass is 16.5. The van der Waals surface area contributed by atoms with E-state index in [0.29, 0.717) is 23.6 Å². The molecular formula is C10H14N4O. The van der Waals surface area contributed by atoms with Crippen molar-refractivity contribution in [2.75, 3.05) is 24.7 Å². The van der Waals surface area contributed by atoms with Crippen molar-refractivity contribution < 1.29 is 4.74 Å². The molecular weight excluding hydrogens is 192 g/mol. The molecule has 0 aromatic carbocycles. The zero-order chi connectivity index (χ0) is 11.3. The van der Waals surface area contributed by atoms with Crippen LogP contribution in [0.1, 0.15) is 12.5 Å². The molecule has 0 radical (unpaired) electrons. The minimum Gasteiger partial charge on any atom is -0.384 e. The monoisotopic (exact) mass is 206 g/mol. The Morgan fingerprint density at radius 1 is 1.73 bits per heavy atom. The number of ether oxygens (including phenoxy) is 1. The van der Waals surface area contributed by atoms with Crippen LogP contribution in [0.25, 0.3) is 0 Å². The molecule has 80 valence electrons. The van der Waals surface area contributed by atoms with Crippen LogP contribution in [-0.2, 0) is 4.74 Å². The normalized spacial score (nSPS) is 11.8. The smallest absolute Gasteiger partial charge is 0.125 e. The average molecular weight is 206 g/mol. The number of rotatable bonds is 4. The minimum atomic E-state index is 0.0749. The van der Waals surface area contributed by atoms with E-state index in [-0.39, 0.29) is 6.10 Å². The van der Waals surface area contributed by atoms with E-state index in [1.54, 1.807) is 13.2 Å². The van der Waals surface area contributed by atoms with Crippen LogP contribution in [0.2, 0.25) is 0 Å². The van der Waals surface area contributed by atoms with E-state index in [4.69, 9.17) is 15.7 Å². The Bertz CT molecular complexity index is 372. The van der Waals surface area contributed by atoms with Crippen molar-refractivity contribution in [2.45, 2.75) is 13.0 Å². The zero-order valence-corrected chi connectivity index (χ0v) is 8.82. The van der Waals surface area contributed by atoms with Gasteiger partial charge in [0.2, 0.25) is 0 Å². The molecule has 1 atom stereocenters. The summed E-state index contributed by atoms with van der Waals surface area (Å²) in [7, 11) is 1.64. The Balaban J connectivity index is 2.75. The van der Waals surface area contributed by atoms with Gasteiger partial charge in [-0.3, -0.25) is 0 Å². The fraction of sp³-hybridized carbons (Fsp3) is 0.400. The summed E-state index contributed by atoms with van der Waals surface area (Å²) in [6.45, 7) is 2.55. The quantitative estimate of drug-likeness (QED) is 0.767. The van der Waals surface area contributed by atoms with E-state index in [0.717, 1.165) is 0 Å². The highest BCUT2D eigenvalue weighted by Gasteiger charge is 2.05. The third-order valence-corrected chi connectivity index (χ3v) is 2.03. The molecule has 15 heavy (non-hydrogen) atoms. The molecule has 0 saturated heterocycles. The highest BCUT2D eigenvalue weighted by Crippen LogP contribution is 2.15. The largest absolute Gasteiger partial charge is 0.384 e. The summed E-state index contributed by atoms with van der Waals surface area (Å²) in [4.78, 5) is 3.84. The second kappa shape index (κ2) is 5.17. The van der Waals surface area contributed by atoms with E-state index in [1.165, 1.54) is 6.20 Å². The van der Waals surface area contributed by atoms with Crippen LogP contribution in [0.15, 0.2) is 12.3 Å². The summed E-state index contributed by atoms with van der Waals surface area (Å²) in [6, 6.07) is 3.68. The van der Waals surface area contributed by atoms with E-state index in [9.17, 15) is 0 Å². The van der Waals surface area contributed by atoms with Gasteiger partial charge in [0.25, 0.3) is 0 Å². The molecule has 0 aliphatic heterocycles. The number of hydrogen-bond acceptors (Lipinski definition) is 5. The van der Waals surface area contributed by atoms with Crippen LogP contribution in [-0.4, -0.2) is 24.7 Å². The van der Waals surface area contributed by atoms with E-state index in [1.807, 2.05) is 13.0 Å². The van der Waals surface area contributed by atoms with Gasteiger partial charge >= 0.3 is 0 Å². The molecule has 0 fully saturated rings. The van der Waals surface area contributed by atoms with E-state index < -0.39 is 0 Å². The molecule has 1 rings (SSSR count). The molecule has 0 aliphatic rings. The number of pyridine rings is 1. The van der Waals surface area contributed by atoms with Gasteiger partial charge in [-0.15, -0.1) is 0 Å². The van der Waals surface area contributed by atoms with Crippen LogP contribution in [0.5, 0.6) is 0 Å². The van der Waals surface area contributed by atoms with E-state index >= 15 is 0 Å². The molecule has 1 aromatic heterocycles. The topological polar surface area (TPSA) is 84.0 Å². The number of anilines is 2. The molecule has 0 bridgehead atoms. The van der Waals surface area contributed by atoms with Crippen molar-refractivity contribution in [3.63, 3.8) is 0 Å². The van der Waals surface area contributed by atoms with Gasteiger partial charge in [-0.2, -0.15) is 5.26 Å². The van der Waals surface area contributed by atoms with Gasteiger partial charge in [0.15, 0.2) is 0 Å². The number of hydrogen-bond donors (Lipinski definition) is 2. The van der Waals surface area contributed by atoms with Crippen molar-refractivity contribution in [3.8, 4) is 6.07 Å². The first-order valence-electron chi connectivity index (χ1n) is 4.59. The highest BCUT2D eigenvalue weighted by molar-refractivity contribution is 5.60. The zero-order valence-electron chi connectivity index (χ0n) is 8.82. The Labute approximate surface area is 88.9 Å². The predicted molar refractivity (Wildman–Crippen MR) is 58.3 cm³/mol. The SMILES string of the molecule is CO[C@@H](C)CNc1cc(N)ncc1C#N. The number of nitrogen functional groups attached to an aromatic ring is 1. The van der Waals surface area contributed by atoms with Crippen molar-refractivity contribution in [2.24, 2.45) is 0 Å². The Kier molecular flexibility index (Phi) is 3.89. The van der Waals surface area contributed by atoms with Crippen LogP contribution in [0, 0.1) is 11.3 Å². The maximum atomic E-state index is 8.83. The second-order valence-electron chi connectivity index (χ2n) is 3.19. The summed E-state index contributed by atoms with van der Waals surface area (Å²) in [5.74, 6) is 0.390. The third-order valence-electron chi connectivity index (χ3n) is 2.03. The Morgan fingerprint density at radius 3 is 3.07 bits per heavy atom. The van der Waals surface area contributed by atoms with Gasteiger partial charge in [-0.1, -0.05) is 0 Å². The molecule has 3 N–H and O–H groups in total. The number of nitrogens with two attached hydrogens (primary N) is 1. The first kappa shape index (κ1) is 11.3. The summed E-state index contributed by atoms with van der Waals surface area (Å²) >= 11 is 0. The van der Waals surface area contributed by atoms with Gasteiger partial charge < -0.3 is 15.8 Å². The van der Waals surface area contributed by atoms with Crippen molar-refractivity contribution in [1.82, 2.24) is 4.98 Å². The van der Waals surface area contributed by atoms with Crippen LogP contribution >= 0.6 is 0 Å². The van der Waals surface area contributed by atoms with Gasteiger partial charge in [0.1, 0.15) is 11.9 Å². The lowest BCUT2D eigenvalue weighted by molar-refractivity contribution is 0.129. The molecule has 1 heterocycles. The van der Waals surface area contributed by atoms with Gasteiger partial charge in [0.05, 0.1) is 17.4 Å². The number of nitriles is 1. The maximum Gasteiger partial charge on any atom is 0.125 e. The minimum absolute atomic E-state index is 0.0749. The predicted octanol–water partition coefficient (Wildman–Crippen LogP) is 0.982. The molecule has 1 aromatic rings. The summed E-state index contributed by atoms with van der Waals surface area (Å²) in [6.07, 6.45) is 1.53. The lowest BCUT2D eigenvalue weighted by Crippen LogP contribution is -2.18. The van der Waals surface area contributed by atoms with E-state index in [2.05, 4.69) is 10.3 Å². The molecule has 0 amide bonds.